The van der Waals surface area contributed by atoms with Crippen molar-refractivity contribution in [2.24, 2.45) is 27.9 Å². The highest BCUT2D eigenvalue weighted by atomic mass is 35.5. The molecule has 0 spiro atoms. The van der Waals surface area contributed by atoms with Gasteiger partial charge in [0.1, 0.15) is 0 Å². The first-order valence-corrected chi connectivity index (χ1v) is 9.49. The second-order valence-electron chi connectivity index (χ2n) is 9.01. The van der Waals surface area contributed by atoms with Gasteiger partial charge in [-0.05, 0) is 79.2 Å². The lowest BCUT2D eigenvalue weighted by Crippen LogP contribution is -2.61. The molecule has 0 saturated heterocycles. The van der Waals surface area contributed by atoms with E-state index in [0.717, 1.165) is 16.7 Å². The molecule has 4 bridgehead atoms. The third-order valence-corrected chi connectivity index (χ3v) is 7.76. The molecule has 1 heterocycles. The molecular formula is C18H26ClNS. The molecule has 1 aromatic heterocycles. The average Bonchev–Trinajstić information content (AvgIpc) is 2.69. The zero-order chi connectivity index (χ0) is 14.9. The summed E-state index contributed by atoms with van der Waals surface area (Å²) >= 11 is 7.79. The molecule has 4 aliphatic carbocycles. The first kappa shape index (κ1) is 14.5. The highest BCUT2D eigenvalue weighted by molar-refractivity contribution is 7.16. The first-order chi connectivity index (χ1) is 9.80. The fourth-order valence-corrected chi connectivity index (χ4v) is 7.99. The van der Waals surface area contributed by atoms with E-state index in [1.165, 1.54) is 43.4 Å². The van der Waals surface area contributed by atoms with E-state index < -0.39 is 0 Å². The van der Waals surface area contributed by atoms with Crippen molar-refractivity contribution < 1.29 is 0 Å². The Kier molecular flexibility index (Phi) is 3.11. The van der Waals surface area contributed by atoms with Gasteiger partial charge in [0.2, 0.25) is 0 Å². The molecule has 0 radical (unpaired) electrons. The predicted molar refractivity (Wildman–Crippen MR) is 90.8 cm³/mol. The van der Waals surface area contributed by atoms with E-state index in [-0.39, 0.29) is 0 Å². The molecule has 5 rings (SSSR count). The molecular weight excluding hydrogens is 298 g/mol. The van der Waals surface area contributed by atoms with Crippen LogP contribution in [0.5, 0.6) is 0 Å². The summed E-state index contributed by atoms with van der Waals surface area (Å²) < 4.78 is 0.890. The highest BCUT2D eigenvalue weighted by Crippen LogP contribution is 2.70. The molecule has 0 amide bonds. The van der Waals surface area contributed by atoms with Gasteiger partial charge in [-0.1, -0.05) is 25.4 Å². The van der Waals surface area contributed by atoms with Gasteiger partial charge < -0.3 is 5.73 Å². The molecule has 3 heteroatoms. The zero-order valence-electron chi connectivity index (χ0n) is 13.1. The normalized spacial score (nSPS) is 46.0. The second-order valence-corrected chi connectivity index (χ2v) is 10.8. The van der Waals surface area contributed by atoms with Crippen LogP contribution in [0.4, 0.5) is 0 Å². The lowest BCUT2D eigenvalue weighted by atomic mass is 9.39. The van der Waals surface area contributed by atoms with Gasteiger partial charge in [-0.2, -0.15) is 0 Å². The Bertz CT molecular complexity index is 547. The number of halogens is 1. The Morgan fingerprint density at radius 3 is 2.38 bits per heavy atom. The molecule has 1 aromatic rings. The molecule has 1 nitrogen and oxygen atoms in total. The van der Waals surface area contributed by atoms with Crippen LogP contribution < -0.4 is 5.73 Å². The summed E-state index contributed by atoms with van der Waals surface area (Å²) in [5.41, 5.74) is 8.29. The maximum Gasteiger partial charge on any atom is 0.0931 e. The molecule has 3 unspecified atom stereocenters. The van der Waals surface area contributed by atoms with Gasteiger partial charge in [0.15, 0.2) is 0 Å². The van der Waals surface area contributed by atoms with Crippen LogP contribution in [0.3, 0.4) is 0 Å². The monoisotopic (exact) mass is 323 g/mol. The van der Waals surface area contributed by atoms with Gasteiger partial charge in [-0.15, -0.1) is 11.3 Å². The van der Waals surface area contributed by atoms with E-state index in [0.29, 0.717) is 22.3 Å². The Hall–Kier alpha value is -0.0500. The van der Waals surface area contributed by atoms with E-state index in [9.17, 15) is 0 Å². The van der Waals surface area contributed by atoms with E-state index >= 15 is 0 Å². The summed E-state index contributed by atoms with van der Waals surface area (Å²) in [5.74, 6) is 0.925. The largest absolute Gasteiger partial charge is 0.327 e. The lowest BCUT2D eigenvalue weighted by molar-refractivity contribution is -0.153. The number of thiophene rings is 1. The maximum atomic E-state index is 6.80. The molecule has 4 saturated carbocycles. The van der Waals surface area contributed by atoms with Crippen molar-refractivity contribution in [1.29, 1.82) is 0 Å². The summed E-state index contributed by atoms with van der Waals surface area (Å²) in [6.45, 7) is 5.05. The number of rotatable bonds is 3. The van der Waals surface area contributed by atoms with E-state index in [1.807, 2.05) is 6.07 Å². The lowest BCUT2D eigenvalue weighted by Gasteiger charge is -2.67. The molecule has 116 valence electrons. The Morgan fingerprint density at radius 2 is 1.86 bits per heavy atom. The summed E-state index contributed by atoms with van der Waals surface area (Å²) in [6.07, 6.45) is 9.41. The third kappa shape index (κ3) is 2.38. The summed E-state index contributed by atoms with van der Waals surface area (Å²) in [5, 5.41) is 0. The van der Waals surface area contributed by atoms with Gasteiger partial charge in [-0.25, -0.2) is 0 Å². The maximum absolute atomic E-state index is 6.80. The molecule has 2 N–H and O–H groups in total. The van der Waals surface area contributed by atoms with Crippen LogP contribution in [0, 0.1) is 22.2 Å². The predicted octanol–water partition coefficient (Wildman–Crippen LogP) is 5.27. The van der Waals surface area contributed by atoms with Crippen molar-refractivity contribution >= 4 is 22.9 Å². The van der Waals surface area contributed by atoms with Gasteiger partial charge in [0.05, 0.1) is 4.34 Å². The van der Waals surface area contributed by atoms with E-state index in [4.69, 9.17) is 17.3 Å². The van der Waals surface area contributed by atoms with Crippen LogP contribution in [0.1, 0.15) is 57.2 Å². The molecule has 3 atom stereocenters. The molecule has 4 aliphatic rings. The zero-order valence-corrected chi connectivity index (χ0v) is 14.7. The SMILES string of the molecule is CC12CC3CC(C)(C1)CC(C(N)Cc1ccc(Cl)s1)(C3)C2. The van der Waals surface area contributed by atoms with Gasteiger partial charge in [0, 0.05) is 10.9 Å². The topological polar surface area (TPSA) is 26.0 Å². The Morgan fingerprint density at radius 1 is 1.19 bits per heavy atom. The van der Waals surface area contributed by atoms with Crippen LogP contribution in [-0.4, -0.2) is 6.04 Å². The minimum atomic E-state index is 0.300. The van der Waals surface area contributed by atoms with Gasteiger partial charge >= 0.3 is 0 Å². The smallest absolute Gasteiger partial charge is 0.0931 e. The van der Waals surface area contributed by atoms with Crippen LogP contribution in [-0.2, 0) is 6.42 Å². The number of hydrogen-bond donors (Lipinski definition) is 1. The van der Waals surface area contributed by atoms with Crippen molar-refractivity contribution in [1.82, 2.24) is 0 Å². The fraction of sp³-hybridized carbons (Fsp3) is 0.778. The summed E-state index contributed by atoms with van der Waals surface area (Å²) in [7, 11) is 0. The van der Waals surface area contributed by atoms with Crippen LogP contribution >= 0.6 is 22.9 Å². The van der Waals surface area contributed by atoms with E-state index in [2.05, 4.69) is 19.9 Å². The average molecular weight is 324 g/mol. The van der Waals surface area contributed by atoms with Gasteiger partial charge in [0.25, 0.3) is 0 Å². The molecule has 21 heavy (non-hydrogen) atoms. The van der Waals surface area contributed by atoms with Crippen LogP contribution in [0.25, 0.3) is 0 Å². The fourth-order valence-electron chi connectivity index (χ4n) is 6.84. The summed E-state index contributed by atoms with van der Waals surface area (Å²) in [4.78, 5) is 1.36. The van der Waals surface area contributed by atoms with Crippen LogP contribution in [0.2, 0.25) is 4.34 Å². The Labute approximate surface area is 137 Å². The van der Waals surface area contributed by atoms with E-state index in [1.54, 1.807) is 11.3 Å². The minimum absolute atomic E-state index is 0.300. The van der Waals surface area contributed by atoms with Crippen molar-refractivity contribution in [3.8, 4) is 0 Å². The van der Waals surface area contributed by atoms with Crippen molar-refractivity contribution in [3.05, 3.63) is 21.3 Å². The standard InChI is InChI=1S/C18H26ClNS/c1-16-6-12-7-17(2,9-16)11-18(8-12,10-16)14(20)5-13-3-4-15(19)21-13/h3-4,12,14H,5-11,20H2,1-2H3. The highest BCUT2D eigenvalue weighted by Gasteiger charge is 2.61. The quantitative estimate of drug-likeness (QED) is 0.805. The second kappa shape index (κ2) is 4.49. The van der Waals surface area contributed by atoms with Gasteiger partial charge in [-0.3, -0.25) is 0 Å². The van der Waals surface area contributed by atoms with Crippen LogP contribution in [0.15, 0.2) is 12.1 Å². The number of hydrogen-bond acceptors (Lipinski definition) is 2. The number of nitrogens with two attached hydrogens (primary N) is 1. The first-order valence-electron chi connectivity index (χ1n) is 8.30. The minimum Gasteiger partial charge on any atom is -0.327 e. The molecule has 4 fully saturated rings. The van der Waals surface area contributed by atoms with Crippen molar-refractivity contribution in [2.75, 3.05) is 0 Å². The summed E-state index contributed by atoms with van der Waals surface area (Å²) in [6, 6.07) is 4.47. The molecule has 0 aliphatic heterocycles. The Balaban J connectivity index is 1.61. The van der Waals surface area contributed by atoms with Crippen molar-refractivity contribution in [3.63, 3.8) is 0 Å². The molecule has 0 aromatic carbocycles. The third-order valence-electron chi connectivity index (χ3n) is 6.51. The van der Waals surface area contributed by atoms with Crippen molar-refractivity contribution in [2.45, 2.75) is 64.8 Å².